The Morgan fingerprint density at radius 1 is 1.39 bits per heavy atom. The standard InChI is InChI=1S/C26H26FN5O4/c1-32-21-13-17(8-11-26(35)9-3-10-26)6-7-22(21)36-16-20(24(32)33)31-25(34)29-15-18(14-28)12-19-4-2-5-23(27)30-19/h2,4-7,13-15,20,28,35H,3,9-10,12,16H2,1H3,(H2,29,31,34)/b18-15-,28-14?/t20-/m0/s1. The topological polar surface area (TPSA) is 128 Å². The molecule has 2 heterocycles. The van der Waals surface area contributed by atoms with Gasteiger partial charge in [-0.2, -0.15) is 4.39 Å². The molecule has 1 saturated carbocycles. The third-order valence-electron chi connectivity index (χ3n) is 6.01. The number of fused-ring (bicyclic) bond motifs is 1. The van der Waals surface area contributed by atoms with Crippen LogP contribution in [-0.4, -0.2) is 53.5 Å². The first-order valence-electron chi connectivity index (χ1n) is 11.4. The molecule has 0 radical (unpaired) electrons. The average Bonchev–Trinajstić information content (AvgIpc) is 2.96. The van der Waals surface area contributed by atoms with Gasteiger partial charge >= 0.3 is 6.03 Å². The molecule has 1 fully saturated rings. The van der Waals surface area contributed by atoms with Crippen LogP contribution < -0.4 is 20.3 Å². The van der Waals surface area contributed by atoms with Crippen molar-refractivity contribution < 1.29 is 23.8 Å². The number of amides is 3. The molecule has 1 atom stereocenters. The number of ether oxygens (including phenoxy) is 1. The predicted molar refractivity (Wildman–Crippen MR) is 131 cm³/mol. The van der Waals surface area contributed by atoms with Crippen LogP contribution in [0.3, 0.4) is 0 Å². The van der Waals surface area contributed by atoms with Crippen molar-refractivity contribution in [1.29, 1.82) is 5.41 Å². The molecule has 4 rings (SSSR count). The Bertz CT molecular complexity index is 1280. The van der Waals surface area contributed by atoms with Crippen LogP contribution in [0, 0.1) is 23.2 Å². The van der Waals surface area contributed by atoms with Crippen molar-refractivity contribution in [1.82, 2.24) is 15.6 Å². The highest BCUT2D eigenvalue weighted by Gasteiger charge is 2.32. The summed E-state index contributed by atoms with van der Waals surface area (Å²) in [6.07, 6.45) is 4.73. The summed E-state index contributed by atoms with van der Waals surface area (Å²) in [6.45, 7) is -0.0806. The lowest BCUT2D eigenvalue weighted by atomic mass is 9.81. The molecule has 1 aromatic carbocycles. The van der Waals surface area contributed by atoms with Gasteiger partial charge in [-0.25, -0.2) is 9.78 Å². The van der Waals surface area contributed by atoms with Gasteiger partial charge in [0.05, 0.1) is 5.69 Å². The smallest absolute Gasteiger partial charge is 0.319 e. The van der Waals surface area contributed by atoms with E-state index in [-0.39, 0.29) is 18.9 Å². The Kier molecular flexibility index (Phi) is 7.31. The molecule has 3 amide bonds. The van der Waals surface area contributed by atoms with Crippen molar-refractivity contribution in [3.8, 4) is 17.6 Å². The number of urea groups is 1. The highest BCUT2D eigenvalue weighted by Crippen LogP contribution is 2.33. The zero-order valence-electron chi connectivity index (χ0n) is 19.7. The summed E-state index contributed by atoms with van der Waals surface area (Å²) >= 11 is 0. The number of carbonyl (C=O) groups excluding carboxylic acids is 2. The van der Waals surface area contributed by atoms with E-state index in [0.717, 1.165) is 12.6 Å². The van der Waals surface area contributed by atoms with Crippen LogP contribution >= 0.6 is 0 Å². The molecule has 10 heteroatoms. The van der Waals surface area contributed by atoms with E-state index in [2.05, 4.69) is 27.5 Å². The van der Waals surface area contributed by atoms with Crippen LogP contribution in [-0.2, 0) is 11.2 Å². The lowest BCUT2D eigenvalue weighted by Gasteiger charge is -2.30. The van der Waals surface area contributed by atoms with Gasteiger partial charge in [-0.15, -0.1) is 0 Å². The number of carbonyl (C=O) groups is 2. The van der Waals surface area contributed by atoms with Crippen LogP contribution in [0.2, 0.25) is 0 Å². The number of rotatable bonds is 5. The molecule has 2 aromatic rings. The summed E-state index contributed by atoms with van der Waals surface area (Å²) < 4.78 is 19.1. The van der Waals surface area contributed by atoms with Gasteiger partial charge < -0.3 is 30.8 Å². The first-order valence-corrected chi connectivity index (χ1v) is 11.4. The monoisotopic (exact) mass is 491 g/mol. The second-order valence-electron chi connectivity index (χ2n) is 8.69. The fraction of sp³-hybridized carbons (Fsp3) is 0.308. The van der Waals surface area contributed by atoms with Crippen molar-refractivity contribution in [2.45, 2.75) is 37.3 Å². The van der Waals surface area contributed by atoms with Gasteiger partial charge in [-0.05, 0) is 55.2 Å². The molecule has 0 spiro atoms. The molecule has 0 unspecified atom stereocenters. The van der Waals surface area contributed by atoms with E-state index in [1.807, 2.05) is 0 Å². The fourth-order valence-electron chi connectivity index (χ4n) is 3.76. The lowest BCUT2D eigenvalue weighted by molar-refractivity contribution is -0.120. The van der Waals surface area contributed by atoms with Crippen LogP contribution in [0.15, 0.2) is 48.2 Å². The zero-order chi connectivity index (χ0) is 25.7. The summed E-state index contributed by atoms with van der Waals surface area (Å²) in [5, 5.41) is 22.8. The van der Waals surface area contributed by atoms with Crippen molar-refractivity contribution >= 4 is 23.8 Å². The lowest BCUT2D eigenvalue weighted by Crippen LogP contribution is -2.51. The maximum absolute atomic E-state index is 13.3. The summed E-state index contributed by atoms with van der Waals surface area (Å²) in [6, 6.07) is 7.89. The quantitative estimate of drug-likeness (QED) is 0.290. The number of aromatic nitrogens is 1. The molecule has 1 aliphatic heterocycles. The number of nitrogens with zero attached hydrogens (tertiary/aromatic N) is 2. The van der Waals surface area contributed by atoms with E-state index in [1.54, 1.807) is 31.3 Å². The Balaban J connectivity index is 1.39. The maximum atomic E-state index is 13.3. The van der Waals surface area contributed by atoms with Crippen molar-refractivity contribution in [2.75, 3.05) is 18.6 Å². The second kappa shape index (κ2) is 10.6. The van der Waals surface area contributed by atoms with Gasteiger partial charge in [0.1, 0.15) is 24.0 Å². The number of likely N-dealkylation sites (N-methyl/N-ethyl adjacent to an activating group) is 1. The number of hydrogen-bond donors (Lipinski definition) is 4. The number of halogens is 1. The number of benzene rings is 1. The Hall–Kier alpha value is -4.23. The minimum Gasteiger partial charge on any atom is -0.489 e. The van der Waals surface area contributed by atoms with E-state index in [0.29, 0.717) is 41.1 Å². The van der Waals surface area contributed by atoms with Gasteiger partial charge in [-0.1, -0.05) is 17.9 Å². The predicted octanol–water partition coefficient (Wildman–Crippen LogP) is 2.29. The molecule has 0 bridgehead atoms. The van der Waals surface area contributed by atoms with Gasteiger partial charge in [0.2, 0.25) is 5.95 Å². The van der Waals surface area contributed by atoms with E-state index in [4.69, 9.17) is 10.1 Å². The molecule has 0 saturated heterocycles. The Labute approximate surface area is 207 Å². The van der Waals surface area contributed by atoms with Gasteiger partial charge in [-0.3, -0.25) is 4.79 Å². The first kappa shape index (κ1) is 24.9. The molecule has 1 aromatic heterocycles. The average molecular weight is 492 g/mol. The first-order chi connectivity index (χ1) is 17.3. The third-order valence-corrected chi connectivity index (χ3v) is 6.01. The summed E-state index contributed by atoms with van der Waals surface area (Å²) in [5.41, 5.74) is 0.998. The van der Waals surface area contributed by atoms with Crippen LogP contribution in [0.5, 0.6) is 5.75 Å². The highest BCUT2D eigenvalue weighted by atomic mass is 19.1. The number of nitrogens with one attached hydrogen (secondary N) is 3. The zero-order valence-corrected chi connectivity index (χ0v) is 19.7. The number of aliphatic hydroxyl groups is 1. The molecule has 4 N–H and O–H groups in total. The van der Waals surface area contributed by atoms with Gasteiger partial charge in [0, 0.05) is 37.1 Å². The summed E-state index contributed by atoms with van der Waals surface area (Å²) in [4.78, 5) is 30.6. The normalized spacial score (nSPS) is 18.4. The molecule has 1 aliphatic carbocycles. The van der Waals surface area contributed by atoms with Crippen LogP contribution in [0.25, 0.3) is 0 Å². The largest absolute Gasteiger partial charge is 0.489 e. The van der Waals surface area contributed by atoms with Crippen LogP contribution in [0.1, 0.15) is 30.5 Å². The summed E-state index contributed by atoms with van der Waals surface area (Å²) in [5.74, 6) is 5.32. The van der Waals surface area contributed by atoms with Crippen LogP contribution in [0.4, 0.5) is 14.9 Å². The summed E-state index contributed by atoms with van der Waals surface area (Å²) in [7, 11) is 1.58. The molecule has 9 nitrogen and oxygen atoms in total. The maximum Gasteiger partial charge on any atom is 0.319 e. The Morgan fingerprint density at radius 3 is 2.89 bits per heavy atom. The van der Waals surface area contributed by atoms with Gasteiger partial charge in [0.25, 0.3) is 5.91 Å². The molecular formula is C26H26FN5O4. The second-order valence-corrected chi connectivity index (χ2v) is 8.69. The molecular weight excluding hydrogens is 465 g/mol. The Morgan fingerprint density at radius 2 is 2.19 bits per heavy atom. The number of hydrogen-bond acceptors (Lipinski definition) is 6. The number of pyridine rings is 1. The molecule has 2 aliphatic rings. The fourth-order valence-corrected chi connectivity index (χ4v) is 3.76. The van der Waals surface area contributed by atoms with Gasteiger partial charge in [0.15, 0.2) is 0 Å². The van der Waals surface area contributed by atoms with Crippen molar-refractivity contribution in [2.24, 2.45) is 0 Å². The van der Waals surface area contributed by atoms with E-state index >= 15 is 0 Å². The third kappa shape index (κ3) is 5.87. The minimum atomic E-state index is -0.964. The highest BCUT2D eigenvalue weighted by molar-refractivity contribution is 6.00. The SMILES string of the molecule is CN1C(=O)[C@@H](NC(=O)N/C=C(\C=N)Cc2cccc(F)n2)COc2ccc(C#CC3(O)CCC3)cc21. The van der Waals surface area contributed by atoms with Crippen molar-refractivity contribution in [3.63, 3.8) is 0 Å². The van der Waals surface area contributed by atoms with E-state index < -0.39 is 23.6 Å². The minimum absolute atomic E-state index is 0.0806. The van der Waals surface area contributed by atoms with E-state index in [1.165, 1.54) is 23.2 Å². The molecule has 36 heavy (non-hydrogen) atoms. The van der Waals surface area contributed by atoms with E-state index in [9.17, 15) is 19.1 Å². The van der Waals surface area contributed by atoms with Crippen molar-refractivity contribution in [3.05, 3.63) is 65.4 Å². The number of anilines is 1. The molecule has 186 valence electrons. The number of allylic oxidation sites excluding steroid dienone is 1.